The fourth-order valence-corrected chi connectivity index (χ4v) is 7.20. The van der Waals surface area contributed by atoms with Gasteiger partial charge >= 0.3 is 11.9 Å². The summed E-state index contributed by atoms with van der Waals surface area (Å²) in [5.41, 5.74) is 1.92. The van der Waals surface area contributed by atoms with E-state index in [0.29, 0.717) is 65.8 Å². The van der Waals surface area contributed by atoms with E-state index in [1.165, 1.54) is 4.31 Å². The second-order valence-electron chi connectivity index (χ2n) is 10.5. The number of aromatic nitrogens is 1. The lowest BCUT2D eigenvalue weighted by molar-refractivity contribution is -0.645. The number of piperidine rings is 1. The van der Waals surface area contributed by atoms with Gasteiger partial charge in [-0.2, -0.15) is 4.57 Å². The van der Waals surface area contributed by atoms with Gasteiger partial charge in [-0.25, -0.2) is 17.5 Å². The van der Waals surface area contributed by atoms with E-state index in [0.717, 1.165) is 11.0 Å². The van der Waals surface area contributed by atoms with Crippen molar-refractivity contribution in [2.45, 2.75) is 32.2 Å². The molecular weight excluding hydrogens is 572 g/mol. The molecule has 1 aliphatic heterocycles. The fourth-order valence-electron chi connectivity index (χ4n) is 5.60. The van der Waals surface area contributed by atoms with Crippen molar-refractivity contribution in [2.75, 3.05) is 33.1 Å². The molecule has 1 fully saturated rings. The maximum atomic E-state index is 13.7. The number of aryl methyl sites for hydroxylation is 1. The molecule has 0 saturated carbocycles. The zero-order chi connectivity index (χ0) is 30.6. The van der Waals surface area contributed by atoms with Crippen molar-refractivity contribution in [1.29, 1.82) is 0 Å². The normalized spacial score (nSPS) is 14.6. The summed E-state index contributed by atoms with van der Waals surface area (Å²) in [5, 5.41) is 10.5. The minimum Gasteiger partial charge on any atom is -0.497 e. The Hall–Kier alpha value is -4.22. The third-order valence-corrected chi connectivity index (χ3v) is 9.87. The highest BCUT2D eigenvalue weighted by atomic mass is 32.2. The number of carbonyl (C=O) groups excluding carboxylic acids is 1. The van der Waals surface area contributed by atoms with Crippen LogP contribution in [0.4, 0.5) is 0 Å². The minimum atomic E-state index is -3.50. The van der Waals surface area contributed by atoms with E-state index in [-0.39, 0.29) is 18.8 Å². The van der Waals surface area contributed by atoms with E-state index < -0.39 is 27.9 Å². The number of pyridine rings is 1. The summed E-state index contributed by atoms with van der Waals surface area (Å²) in [5.74, 6) is -0.333. The molecule has 0 radical (unpaired) electrons. The molecule has 2 heterocycles. The maximum absolute atomic E-state index is 13.7. The molecule has 1 aromatic heterocycles. The first kappa shape index (κ1) is 30.2. The van der Waals surface area contributed by atoms with Gasteiger partial charge in [0.2, 0.25) is 21.1 Å². The average molecular weight is 608 g/mol. The number of carboxylic acid groups (broad SMARTS) is 1. The van der Waals surface area contributed by atoms with Gasteiger partial charge < -0.3 is 19.3 Å². The lowest BCUT2D eigenvalue weighted by Gasteiger charge is -2.29. The number of sulfonamides is 1. The Balaban J connectivity index is 1.46. The van der Waals surface area contributed by atoms with Gasteiger partial charge in [0.15, 0.2) is 0 Å². The number of unbranched alkanes of at least 4 members (excludes halogenated alkanes) is 1. The topological polar surface area (TPSA) is 123 Å². The standard InChI is InChI=1S/C32H34N2O8S/c1-40-24-10-12-28-26(20-24)30(32(37)42-23-8-4-3-5-9-23)27-21-25(41-2)11-13-29(27)34(28)16-6-7-19-43(38,39)33-17-14-22(15-18-33)31(35)36/h3-5,8-13,20-22H,6-7,14-19H2,1-2H3/p+1. The first-order chi connectivity index (χ1) is 20.7. The van der Waals surface area contributed by atoms with Crippen molar-refractivity contribution >= 4 is 43.8 Å². The van der Waals surface area contributed by atoms with Gasteiger partial charge in [0.1, 0.15) is 23.8 Å². The van der Waals surface area contributed by atoms with Crippen LogP contribution < -0.4 is 18.8 Å². The molecule has 0 unspecified atom stereocenters. The number of carbonyl (C=O) groups is 2. The second kappa shape index (κ2) is 13.0. The molecule has 11 heteroatoms. The van der Waals surface area contributed by atoms with Crippen molar-refractivity contribution in [2.24, 2.45) is 5.92 Å². The summed E-state index contributed by atoms with van der Waals surface area (Å²) in [6.07, 6.45) is 1.63. The summed E-state index contributed by atoms with van der Waals surface area (Å²) >= 11 is 0. The average Bonchev–Trinajstić information content (AvgIpc) is 3.02. The smallest absolute Gasteiger partial charge is 0.345 e. The molecule has 1 saturated heterocycles. The Labute approximate surface area is 250 Å². The maximum Gasteiger partial charge on any atom is 0.345 e. The Bertz CT molecular complexity index is 1690. The predicted octanol–water partition coefficient (Wildman–Crippen LogP) is 4.42. The van der Waals surface area contributed by atoms with Crippen molar-refractivity contribution < 1.29 is 41.9 Å². The Kier molecular flexibility index (Phi) is 9.12. The van der Waals surface area contributed by atoms with E-state index in [4.69, 9.17) is 14.2 Å². The van der Waals surface area contributed by atoms with Crippen LogP contribution in [-0.2, 0) is 21.4 Å². The van der Waals surface area contributed by atoms with Gasteiger partial charge in [-0.1, -0.05) is 18.2 Å². The minimum absolute atomic E-state index is 0.0235. The van der Waals surface area contributed by atoms with E-state index in [1.807, 2.05) is 30.3 Å². The molecule has 0 atom stereocenters. The highest BCUT2D eigenvalue weighted by Gasteiger charge is 2.31. The van der Waals surface area contributed by atoms with Gasteiger partial charge in [-0.05, 0) is 55.7 Å². The molecule has 226 valence electrons. The Morgan fingerprint density at radius 3 is 1.98 bits per heavy atom. The Morgan fingerprint density at radius 1 is 0.860 bits per heavy atom. The summed E-state index contributed by atoms with van der Waals surface area (Å²) in [6, 6.07) is 19.9. The fraction of sp³-hybridized carbons (Fsp3) is 0.344. The molecule has 10 nitrogen and oxygen atoms in total. The van der Waals surface area contributed by atoms with Crippen molar-refractivity contribution in [1.82, 2.24) is 4.31 Å². The highest BCUT2D eigenvalue weighted by Crippen LogP contribution is 2.31. The van der Waals surface area contributed by atoms with Gasteiger partial charge in [-0.15, -0.1) is 0 Å². The number of methoxy groups -OCH3 is 2. The zero-order valence-electron chi connectivity index (χ0n) is 24.2. The van der Waals surface area contributed by atoms with Gasteiger partial charge in [-0.3, -0.25) is 4.79 Å². The SMILES string of the molecule is COc1ccc2c(c1)c(C(=O)Oc1ccccc1)c1cc(OC)ccc1[n+]2CCCCS(=O)(=O)N1CCC(C(=O)O)CC1. The number of benzene rings is 3. The summed E-state index contributed by atoms with van der Waals surface area (Å²) < 4.78 is 46.3. The van der Waals surface area contributed by atoms with Crippen molar-refractivity contribution in [3.05, 3.63) is 72.3 Å². The number of nitrogens with zero attached hydrogens (tertiary/aromatic N) is 2. The van der Waals surface area contributed by atoms with Crippen molar-refractivity contribution in [3.63, 3.8) is 0 Å². The molecule has 1 N–H and O–H groups in total. The zero-order valence-corrected chi connectivity index (χ0v) is 25.0. The van der Waals surface area contributed by atoms with Crippen LogP contribution in [0.3, 0.4) is 0 Å². The van der Waals surface area contributed by atoms with E-state index in [1.54, 1.807) is 50.6 Å². The molecule has 0 aliphatic carbocycles. The molecular formula is C32H35N2O8S+. The van der Waals surface area contributed by atoms with Crippen LogP contribution in [0.5, 0.6) is 17.2 Å². The number of carboxylic acids is 1. The van der Waals surface area contributed by atoms with Crippen LogP contribution in [0.15, 0.2) is 66.7 Å². The number of hydrogen-bond acceptors (Lipinski definition) is 7. The van der Waals surface area contributed by atoms with Crippen LogP contribution in [0, 0.1) is 5.92 Å². The van der Waals surface area contributed by atoms with Crippen LogP contribution in [0.1, 0.15) is 36.0 Å². The summed E-state index contributed by atoms with van der Waals surface area (Å²) in [6.45, 7) is 0.956. The Morgan fingerprint density at radius 2 is 1.44 bits per heavy atom. The van der Waals surface area contributed by atoms with Gasteiger partial charge in [0.05, 0.1) is 42.2 Å². The molecule has 5 rings (SSSR count). The van der Waals surface area contributed by atoms with Crippen molar-refractivity contribution in [3.8, 4) is 17.2 Å². The molecule has 0 bridgehead atoms. The number of hydrogen-bond donors (Lipinski definition) is 1. The third-order valence-electron chi connectivity index (χ3n) is 7.92. The molecule has 43 heavy (non-hydrogen) atoms. The molecule has 4 aromatic rings. The summed E-state index contributed by atoms with van der Waals surface area (Å²) in [4.78, 5) is 25.0. The number of rotatable bonds is 11. The monoisotopic (exact) mass is 607 g/mol. The van der Waals surface area contributed by atoms with E-state index >= 15 is 0 Å². The van der Waals surface area contributed by atoms with Crippen LogP contribution in [0.25, 0.3) is 21.8 Å². The number of aliphatic carboxylic acids is 1. The summed E-state index contributed by atoms with van der Waals surface area (Å²) in [7, 11) is -0.378. The highest BCUT2D eigenvalue weighted by molar-refractivity contribution is 7.89. The van der Waals surface area contributed by atoms with Crippen LogP contribution in [-0.4, -0.2) is 62.8 Å². The molecule has 3 aromatic carbocycles. The van der Waals surface area contributed by atoms with Crippen LogP contribution >= 0.6 is 0 Å². The third kappa shape index (κ3) is 6.57. The molecule has 0 spiro atoms. The predicted molar refractivity (Wildman–Crippen MR) is 161 cm³/mol. The first-order valence-corrected chi connectivity index (χ1v) is 15.8. The number of esters is 1. The van der Waals surface area contributed by atoms with Crippen LogP contribution in [0.2, 0.25) is 0 Å². The quantitative estimate of drug-likeness (QED) is 0.0874. The van der Waals surface area contributed by atoms with Gasteiger partial charge in [0.25, 0.3) is 0 Å². The molecule has 1 aliphatic rings. The lowest BCUT2D eigenvalue weighted by atomic mass is 9.99. The van der Waals surface area contributed by atoms with E-state index in [2.05, 4.69) is 4.57 Å². The van der Waals surface area contributed by atoms with E-state index in [9.17, 15) is 23.1 Å². The first-order valence-electron chi connectivity index (χ1n) is 14.2. The number of para-hydroxylation sites is 1. The van der Waals surface area contributed by atoms with Gasteiger partial charge in [0, 0.05) is 31.6 Å². The number of ether oxygens (including phenoxy) is 3. The number of fused-ring (bicyclic) bond motifs is 2. The second-order valence-corrected chi connectivity index (χ2v) is 12.6. The largest absolute Gasteiger partial charge is 0.497 e. The molecule has 0 amide bonds. The lowest BCUT2D eigenvalue weighted by Crippen LogP contribution is -2.41.